The molecular formula is C14H16O3. The third kappa shape index (κ3) is 1.95. The van der Waals surface area contributed by atoms with Gasteiger partial charge in [-0.25, -0.2) is 0 Å². The molecule has 0 amide bonds. The predicted molar refractivity (Wildman–Crippen MR) is 62.1 cm³/mol. The highest BCUT2D eigenvalue weighted by molar-refractivity contribution is 5.76. The number of carbonyl (C=O) groups excluding carboxylic acids is 1. The maximum Gasteiger partial charge on any atom is 0.309 e. The quantitative estimate of drug-likeness (QED) is 0.644. The molecule has 0 unspecified atom stereocenters. The van der Waals surface area contributed by atoms with E-state index in [1.807, 2.05) is 24.3 Å². The summed E-state index contributed by atoms with van der Waals surface area (Å²) in [5, 5.41) is 0. The second kappa shape index (κ2) is 3.84. The van der Waals surface area contributed by atoms with Gasteiger partial charge in [0.25, 0.3) is 0 Å². The van der Waals surface area contributed by atoms with Gasteiger partial charge in [0.05, 0.1) is 19.1 Å². The van der Waals surface area contributed by atoms with Gasteiger partial charge in [-0.15, -0.1) is 0 Å². The summed E-state index contributed by atoms with van der Waals surface area (Å²) in [7, 11) is 0. The molecule has 0 N–H and O–H groups in total. The van der Waals surface area contributed by atoms with Crippen molar-refractivity contribution in [3.8, 4) is 0 Å². The van der Waals surface area contributed by atoms with Crippen molar-refractivity contribution in [2.24, 2.45) is 11.3 Å². The van der Waals surface area contributed by atoms with Crippen molar-refractivity contribution in [2.75, 3.05) is 6.61 Å². The molecule has 2 atom stereocenters. The summed E-state index contributed by atoms with van der Waals surface area (Å²) in [5.41, 5.74) is 2.16. The zero-order chi connectivity index (χ0) is 11.9. The lowest BCUT2D eigenvalue weighted by Gasteiger charge is -2.16. The normalized spacial score (nSPS) is 32.1. The summed E-state index contributed by atoms with van der Waals surface area (Å²) in [6.45, 7) is 3.70. The van der Waals surface area contributed by atoms with E-state index in [9.17, 15) is 4.79 Å². The number of esters is 1. The van der Waals surface area contributed by atoms with Crippen LogP contribution in [-0.4, -0.2) is 12.6 Å². The van der Waals surface area contributed by atoms with E-state index in [0.29, 0.717) is 19.8 Å². The van der Waals surface area contributed by atoms with Gasteiger partial charge < -0.3 is 9.47 Å². The average Bonchev–Trinajstić information content (AvgIpc) is 3.00. The van der Waals surface area contributed by atoms with Crippen LogP contribution < -0.4 is 0 Å². The second-order valence-electron chi connectivity index (χ2n) is 5.28. The number of rotatable bonds is 0. The number of ether oxygens (including phenoxy) is 2. The molecule has 1 aliphatic carbocycles. The molecule has 0 saturated heterocycles. The Morgan fingerprint density at radius 3 is 2.71 bits per heavy atom. The van der Waals surface area contributed by atoms with Gasteiger partial charge >= 0.3 is 5.97 Å². The highest BCUT2D eigenvalue weighted by Gasteiger charge is 2.55. The molecule has 1 fully saturated rings. The van der Waals surface area contributed by atoms with Gasteiger partial charge in [-0.2, -0.15) is 0 Å². The predicted octanol–water partition coefficient (Wildman–Crippen LogP) is 2.29. The summed E-state index contributed by atoms with van der Waals surface area (Å²) in [6.07, 6.45) is 0.891. The van der Waals surface area contributed by atoms with Crippen LogP contribution in [-0.2, 0) is 27.5 Å². The molecule has 1 aromatic rings. The minimum Gasteiger partial charge on any atom is -0.461 e. The molecule has 1 aromatic carbocycles. The Kier molecular flexibility index (Phi) is 2.44. The van der Waals surface area contributed by atoms with Gasteiger partial charge in [-0.05, 0) is 17.5 Å². The number of fused-ring (bicyclic) bond motifs is 2. The largest absolute Gasteiger partial charge is 0.461 e. The Hall–Kier alpha value is -1.35. The van der Waals surface area contributed by atoms with E-state index >= 15 is 0 Å². The molecule has 0 radical (unpaired) electrons. The summed E-state index contributed by atoms with van der Waals surface area (Å²) in [4.78, 5) is 11.8. The van der Waals surface area contributed by atoms with Crippen LogP contribution in [0.2, 0.25) is 0 Å². The van der Waals surface area contributed by atoms with Crippen LogP contribution in [0.5, 0.6) is 0 Å². The fourth-order valence-corrected chi connectivity index (χ4v) is 2.42. The van der Waals surface area contributed by atoms with E-state index in [-0.39, 0.29) is 17.3 Å². The molecule has 0 bridgehead atoms. The molecule has 3 rings (SSSR count). The van der Waals surface area contributed by atoms with E-state index in [1.165, 1.54) is 0 Å². The molecular weight excluding hydrogens is 216 g/mol. The summed E-state index contributed by atoms with van der Waals surface area (Å²) in [5.74, 6) is -0.0411. The highest BCUT2D eigenvalue weighted by atomic mass is 16.5. The van der Waals surface area contributed by atoms with Crippen LogP contribution in [0.3, 0.4) is 0 Å². The fourth-order valence-electron chi connectivity index (χ4n) is 2.42. The number of benzene rings is 1. The van der Waals surface area contributed by atoms with E-state index in [2.05, 4.69) is 6.92 Å². The standard InChI is InChI=1S/C14H16O3/c1-14-6-12(14)13(15)17-8-11-5-3-2-4-10(11)7-16-9-14/h2-5,12H,6-9H2,1H3/t12-,14+/m0/s1. The van der Waals surface area contributed by atoms with E-state index in [0.717, 1.165) is 17.5 Å². The third-order valence-corrected chi connectivity index (χ3v) is 3.81. The van der Waals surface area contributed by atoms with Gasteiger partial charge in [0.15, 0.2) is 0 Å². The van der Waals surface area contributed by atoms with E-state index in [1.54, 1.807) is 0 Å². The van der Waals surface area contributed by atoms with Gasteiger partial charge in [-0.3, -0.25) is 4.79 Å². The Balaban J connectivity index is 1.83. The van der Waals surface area contributed by atoms with Crippen LogP contribution >= 0.6 is 0 Å². The Bertz CT molecular complexity index is 455. The first-order valence-electron chi connectivity index (χ1n) is 6.00. The molecule has 3 heteroatoms. The average molecular weight is 232 g/mol. The van der Waals surface area contributed by atoms with Crippen molar-refractivity contribution in [3.63, 3.8) is 0 Å². The zero-order valence-corrected chi connectivity index (χ0v) is 9.94. The fraction of sp³-hybridized carbons (Fsp3) is 0.500. The first-order valence-corrected chi connectivity index (χ1v) is 6.00. The monoisotopic (exact) mass is 232 g/mol. The first-order chi connectivity index (χ1) is 8.19. The van der Waals surface area contributed by atoms with Crippen molar-refractivity contribution in [3.05, 3.63) is 35.4 Å². The first kappa shape index (κ1) is 10.8. The number of cyclic esters (lactones) is 1. The van der Waals surface area contributed by atoms with E-state index in [4.69, 9.17) is 9.47 Å². The minimum atomic E-state index is -0.0761. The van der Waals surface area contributed by atoms with Crippen LogP contribution in [0.1, 0.15) is 24.5 Å². The van der Waals surface area contributed by atoms with E-state index < -0.39 is 0 Å². The lowest BCUT2D eigenvalue weighted by molar-refractivity contribution is -0.148. The lowest BCUT2D eigenvalue weighted by atomic mass is 10.1. The Labute approximate surface area is 101 Å². The van der Waals surface area contributed by atoms with Crippen LogP contribution in [0, 0.1) is 11.3 Å². The number of hydrogen-bond acceptors (Lipinski definition) is 3. The molecule has 3 nitrogen and oxygen atoms in total. The Morgan fingerprint density at radius 2 is 1.94 bits per heavy atom. The minimum absolute atomic E-state index is 0.00334. The molecule has 1 aliphatic heterocycles. The molecule has 0 aromatic heterocycles. The van der Waals surface area contributed by atoms with Crippen LogP contribution in [0.4, 0.5) is 0 Å². The lowest BCUT2D eigenvalue weighted by Crippen LogP contribution is -2.18. The number of hydrogen-bond donors (Lipinski definition) is 0. The highest BCUT2D eigenvalue weighted by Crippen LogP contribution is 2.53. The van der Waals surface area contributed by atoms with Gasteiger partial charge in [0.1, 0.15) is 6.61 Å². The van der Waals surface area contributed by atoms with Crippen LogP contribution in [0.25, 0.3) is 0 Å². The Morgan fingerprint density at radius 1 is 1.24 bits per heavy atom. The summed E-state index contributed by atoms with van der Waals surface area (Å²) < 4.78 is 11.1. The SMILES string of the molecule is C[C@@]12COCc3ccccc3COC(=O)[C@@H]1C2. The van der Waals surface area contributed by atoms with Crippen molar-refractivity contribution in [1.82, 2.24) is 0 Å². The molecule has 90 valence electrons. The van der Waals surface area contributed by atoms with Crippen molar-refractivity contribution < 1.29 is 14.3 Å². The topological polar surface area (TPSA) is 35.5 Å². The third-order valence-electron chi connectivity index (χ3n) is 3.81. The maximum absolute atomic E-state index is 11.8. The number of carbonyl (C=O) groups is 1. The molecule has 1 saturated carbocycles. The molecule has 2 aliphatic rings. The van der Waals surface area contributed by atoms with Gasteiger partial charge in [-0.1, -0.05) is 31.2 Å². The molecule has 17 heavy (non-hydrogen) atoms. The summed E-state index contributed by atoms with van der Waals surface area (Å²) >= 11 is 0. The summed E-state index contributed by atoms with van der Waals surface area (Å²) in [6, 6.07) is 7.95. The van der Waals surface area contributed by atoms with Gasteiger partial charge in [0.2, 0.25) is 0 Å². The van der Waals surface area contributed by atoms with Crippen molar-refractivity contribution in [2.45, 2.75) is 26.6 Å². The molecule has 1 heterocycles. The van der Waals surface area contributed by atoms with Crippen molar-refractivity contribution in [1.29, 1.82) is 0 Å². The maximum atomic E-state index is 11.8. The molecule has 0 spiro atoms. The second-order valence-corrected chi connectivity index (χ2v) is 5.28. The van der Waals surface area contributed by atoms with Crippen molar-refractivity contribution >= 4 is 5.97 Å². The van der Waals surface area contributed by atoms with Crippen LogP contribution in [0.15, 0.2) is 24.3 Å². The zero-order valence-electron chi connectivity index (χ0n) is 9.94. The smallest absolute Gasteiger partial charge is 0.309 e. The van der Waals surface area contributed by atoms with Gasteiger partial charge in [0, 0.05) is 5.41 Å².